The van der Waals surface area contributed by atoms with E-state index in [9.17, 15) is 4.79 Å². The van der Waals surface area contributed by atoms with E-state index in [4.69, 9.17) is 0 Å². The molecular formula is C12H14N4O. The predicted molar refractivity (Wildman–Crippen MR) is 63.0 cm³/mol. The lowest BCUT2D eigenvalue weighted by atomic mass is 10.3. The summed E-state index contributed by atoms with van der Waals surface area (Å²) in [5.41, 5.74) is 1.82. The fourth-order valence-electron chi connectivity index (χ4n) is 1.45. The molecular weight excluding hydrogens is 216 g/mol. The van der Waals surface area contributed by atoms with Crippen molar-refractivity contribution in [3.8, 4) is 0 Å². The Bertz CT molecular complexity index is 492. The number of carbonyl (C=O) groups excluding carboxylic acids is 1. The molecule has 1 amide bonds. The molecule has 2 aromatic rings. The summed E-state index contributed by atoms with van der Waals surface area (Å²) >= 11 is 0. The number of pyridine rings is 1. The molecule has 0 saturated heterocycles. The molecule has 0 spiro atoms. The van der Waals surface area contributed by atoms with Crippen LogP contribution in [0.15, 0.2) is 36.7 Å². The number of nitrogens with one attached hydrogen (secondary N) is 1. The number of aromatic nitrogens is 3. The highest BCUT2D eigenvalue weighted by Crippen LogP contribution is 1.96. The van der Waals surface area contributed by atoms with Gasteiger partial charge in [-0.05, 0) is 25.1 Å². The lowest BCUT2D eigenvalue weighted by Crippen LogP contribution is -2.28. The average Bonchev–Trinajstić information content (AvgIpc) is 2.74. The quantitative estimate of drug-likeness (QED) is 0.849. The van der Waals surface area contributed by atoms with Crippen molar-refractivity contribution < 1.29 is 4.79 Å². The summed E-state index contributed by atoms with van der Waals surface area (Å²) in [6.45, 7) is 2.60. The third kappa shape index (κ3) is 3.14. The van der Waals surface area contributed by atoms with Crippen molar-refractivity contribution in [3.63, 3.8) is 0 Å². The highest BCUT2D eigenvalue weighted by atomic mass is 16.2. The second-order valence-corrected chi connectivity index (χ2v) is 3.73. The van der Waals surface area contributed by atoms with Crippen molar-refractivity contribution >= 4 is 5.91 Å². The van der Waals surface area contributed by atoms with Crippen LogP contribution in [0, 0.1) is 6.92 Å². The number of rotatable bonds is 4. The summed E-state index contributed by atoms with van der Waals surface area (Å²) in [6, 6.07) is 7.48. The molecule has 0 radical (unpaired) electrons. The zero-order valence-corrected chi connectivity index (χ0v) is 9.63. The second-order valence-electron chi connectivity index (χ2n) is 3.73. The Morgan fingerprint density at radius 1 is 1.35 bits per heavy atom. The summed E-state index contributed by atoms with van der Waals surface area (Å²) in [6.07, 6.45) is 3.39. The Balaban J connectivity index is 1.85. The van der Waals surface area contributed by atoms with E-state index in [0.29, 0.717) is 6.54 Å². The van der Waals surface area contributed by atoms with Crippen LogP contribution in [0.1, 0.15) is 11.4 Å². The molecule has 2 rings (SSSR count). The van der Waals surface area contributed by atoms with E-state index in [-0.39, 0.29) is 12.5 Å². The first-order chi connectivity index (χ1) is 8.25. The lowest BCUT2D eigenvalue weighted by molar-refractivity contribution is -0.122. The first-order valence-electron chi connectivity index (χ1n) is 5.41. The molecule has 0 saturated carbocycles. The Kier molecular flexibility index (Phi) is 3.49. The van der Waals surface area contributed by atoms with E-state index in [1.165, 1.54) is 0 Å². The molecule has 0 fully saturated rings. The SMILES string of the molecule is Cc1ccnn1CC(=O)NCc1ccccn1. The smallest absolute Gasteiger partial charge is 0.242 e. The van der Waals surface area contributed by atoms with Crippen molar-refractivity contribution in [1.82, 2.24) is 20.1 Å². The summed E-state index contributed by atoms with van der Waals surface area (Å²) < 4.78 is 1.66. The Labute approximate surface area is 99.5 Å². The van der Waals surface area contributed by atoms with Gasteiger partial charge in [0.05, 0.1) is 12.2 Å². The number of hydrogen-bond donors (Lipinski definition) is 1. The summed E-state index contributed by atoms with van der Waals surface area (Å²) in [7, 11) is 0. The minimum Gasteiger partial charge on any atom is -0.349 e. The number of hydrogen-bond acceptors (Lipinski definition) is 3. The van der Waals surface area contributed by atoms with Crippen LogP contribution < -0.4 is 5.32 Å². The third-order valence-corrected chi connectivity index (χ3v) is 2.42. The molecule has 0 aliphatic heterocycles. The zero-order valence-electron chi connectivity index (χ0n) is 9.63. The van der Waals surface area contributed by atoms with Gasteiger partial charge < -0.3 is 5.32 Å². The van der Waals surface area contributed by atoms with Crippen LogP contribution in [0.2, 0.25) is 0 Å². The minimum absolute atomic E-state index is 0.0672. The van der Waals surface area contributed by atoms with Gasteiger partial charge in [0, 0.05) is 18.1 Å². The Morgan fingerprint density at radius 3 is 2.88 bits per heavy atom. The number of aryl methyl sites for hydroxylation is 1. The maximum atomic E-state index is 11.6. The first-order valence-corrected chi connectivity index (χ1v) is 5.41. The normalized spacial score (nSPS) is 10.2. The van der Waals surface area contributed by atoms with E-state index in [1.54, 1.807) is 17.1 Å². The second kappa shape index (κ2) is 5.25. The van der Waals surface area contributed by atoms with Crippen molar-refractivity contribution in [3.05, 3.63) is 48.0 Å². The van der Waals surface area contributed by atoms with Crippen molar-refractivity contribution in [1.29, 1.82) is 0 Å². The minimum atomic E-state index is -0.0672. The van der Waals surface area contributed by atoms with Gasteiger partial charge >= 0.3 is 0 Å². The highest BCUT2D eigenvalue weighted by molar-refractivity contribution is 5.75. The largest absolute Gasteiger partial charge is 0.349 e. The molecule has 88 valence electrons. The zero-order chi connectivity index (χ0) is 12.1. The average molecular weight is 230 g/mol. The van der Waals surface area contributed by atoms with Gasteiger partial charge in [0.1, 0.15) is 6.54 Å². The van der Waals surface area contributed by atoms with Crippen LogP contribution in [0.5, 0.6) is 0 Å². The van der Waals surface area contributed by atoms with E-state index >= 15 is 0 Å². The molecule has 0 aliphatic carbocycles. The van der Waals surface area contributed by atoms with Crippen LogP contribution in [0.3, 0.4) is 0 Å². The van der Waals surface area contributed by atoms with Gasteiger partial charge in [-0.1, -0.05) is 6.07 Å². The van der Waals surface area contributed by atoms with Gasteiger partial charge in [-0.2, -0.15) is 5.10 Å². The number of carbonyl (C=O) groups is 1. The molecule has 0 unspecified atom stereocenters. The Morgan fingerprint density at radius 2 is 2.24 bits per heavy atom. The predicted octanol–water partition coefficient (Wildman–Crippen LogP) is 0.903. The van der Waals surface area contributed by atoms with E-state index in [2.05, 4.69) is 15.4 Å². The topological polar surface area (TPSA) is 59.8 Å². The molecule has 0 bridgehead atoms. The molecule has 2 aromatic heterocycles. The van der Waals surface area contributed by atoms with Crippen molar-refractivity contribution in [2.45, 2.75) is 20.0 Å². The molecule has 0 aromatic carbocycles. The fourth-order valence-corrected chi connectivity index (χ4v) is 1.45. The first kappa shape index (κ1) is 11.3. The van der Waals surface area contributed by atoms with E-state index in [0.717, 1.165) is 11.4 Å². The molecule has 5 heteroatoms. The molecule has 0 aliphatic rings. The molecule has 0 atom stereocenters. The standard InChI is InChI=1S/C12H14N4O/c1-10-5-7-15-16(10)9-12(17)14-8-11-4-2-3-6-13-11/h2-7H,8-9H2,1H3,(H,14,17). The van der Waals surface area contributed by atoms with Crippen molar-refractivity contribution in [2.75, 3.05) is 0 Å². The summed E-state index contributed by atoms with van der Waals surface area (Å²) in [5.74, 6) is -0.0672. The molecule has 1 N–H and O–H groups in total. The van der Waals surface area contributed by atoms with Crippen LogP contribution >= 0.6 is 0 Å². The van der Waals surface area contributed by atoms with Crippen LogP contribution in [0.4, 0.5) is 0 Å². The van der Waals surface area contributed by atoms with Crippen LogP contribution in [-0.4, -0.2) is 20.7 Å². The van der Waals surface area contributed by atoms with E-state index < -0.39 is 0 Å². The maximum absolute atomic E-state index is 11.6. The fraction of sp³-hybridized carbons (Fsp3) is 0.250. The highest BCUT2D eigenvalue weighted by Gasteiger charge is 2.04. The molecule has 17 heavy (non-hydrogen) atoms. The van der Waals surface area contributed by atoms with Crippen LogP contribution in [-0.2, 0) is 17.9 Å². The van der Waals surface area contributed by atoms with Gasteiger partial charge in [-0.3, -0.25) is 14.5 Å². The van der Waals surface area contributed by atoms with Gasteiger partial charge in [0.25, 0.3) is 0 Å². The summed E-state index contributed by atoms with van der Waals surface area (Å²) in [4.78, 5) is 15.8. The lowest BCUT2D eigenvalue weighted by Gasteiger charge is -2.06. The third-order valence-electron chi connectivity index (χ3n) is 2.42. The number of amides is 1. The summed E-state index contributed by atoms with van der Waals surface area (Å²) in [5, 5.41) is 6.85. The van der Waals surface area contributed by atoms with Crippen LogP contribution in [0.25, 0.3) is 0 Å². The van der Waals surface area contributed by atoms with E-state index in [1.807, 2.05) is 31.2 Å². The molecule has 2 heterocycles. The number of nitrogens with zero attached hydrogens (tertiary/aromatic N) is 3. The molecule has 5 nitrogen and oxygen atoms in total. The van der Waals surface area contributed by atoms with Gasteiger partial charge in [0.2, 0.25) is 5.91 Å². The van der Waals surface area contributed by atoms with Gasteiger partial charge in [-0.15, -0.1) is 0 Å². The van der Waals surface area contributed by atoms with Gasteiger partial charge in [-0.25, -0.2) is 0 Å². The Hall–Kier alpha value is -2.17. The van der Waals surface area contributed by atoms with Crippen molar-refractivity contribution in [2.24, 2.45) is 0 Å². The van der Waals surface area contributed by atoms with Gasteiger partial charge in [0.15, 0.2) is 0 Å². The maximum Gasteiger partial charge on any atom is 0.242 e. The monoisotopic (exact) mass is 230 g/mol.